The number of rotatable bonds is 7. The van der Waals surface area contributed by atoms with Crippen molar-refractivity contribution in [2.24, 2.45) is 5.92 Å². The predicted octanol–water partition coefficient (Wildman–Crippen LogP) is 3.42. The summed E-state index contributed by atoms with van der Waals surface area (Å²) in [5.74, 6) is 1.06. The minimum Gasteiger partial charge on any atom is -0.454 e. The van der Waals surface area contributed by atoms with E-state index in [1.807, 2.05) is 56.5 Å². The number of carbonyl (C=O) groups is 3. The van der Waals surface area contributed by atoms with Gasteiger partial charge < -0.3 is 19.4 Å². The van der Waals surface area contributed by atoms with Crippen LogP contribution >= 0.6 is 0 Å². The lowest BCUT2D eigenvalue weighted by Gasteiger charge is -2.23. The maximum absolute atomic E-state index is 13.1. The van der Waals surface area contributed by atoms with E-state index in [2.05, 4.69) is 5.32 Å². The van der Waals surface area contributed by atoms with Crippen molar-refractivity contribution in [3.05, 3.63) is 46.8 Å². The van der Waals surface area contributed by atoms with Gasteiger partial charge in [0.1, 0.15) is 5.54 Å². The number of aryl methyl sites for hydroxylation is 1. The lowest BCUT2D eigenvalue weighted by Crippen LogP contribution is -2.45. The Hall–Kier alpha value is -3.29. The Morgan fingerprint density at radius 3 is 2.59 bits per heavy atom. The van der Waals surface area contributed by atoms with Crippen LogP contribution in [0.2, 0.25) is 0 Å². The molecule has 8 heteroatoms. The maximum atomic E-state index is 13.1. The number of ketones is 1. The molecule has 1 atom stereocenters. The van der Waals surface area contributed by atoms with Gasteiger partial charge in [-0.15, -0.1) is 0 Å². The van der Waals surface area contributed by atoms with Gasteiger partial charge in [0.2, 0.25) is 6.79 Å². The van der Waals surface area contributed by atoms with Gasteiger partial charge in [0, 0.05) is 23.5 Å². The highest BCUT2D eigenvalue weighted by Crippen LogP contribution is 2.33. The Balaban J connectivity index is 1.52. The van der Waals surface area contributed by atoms with E-state index in [0.29, 0.717) is 24.3 Å². The van der Waals surface area contributed by atoms with Crippen LogP contribution in [0.4, 0.5) is 4.79 Å². The third kappa shape index (κ3) is 3.85. The van der Waals surface area contributed by atoms with E-state index in [0.717, 1.165) is 27.6 Å². The molecule has 0 bridgehead atoms. The standard InChI is InChI=1S/C24H29N3O5/c1-14(2)10-24(5)22(29)27(23(30)25-24)12-19(28)18-8-15(3)26(16(18)4)11-17-6-7-20-21(9-17)32-13-31-20/h6-9,14H,10-13H2,1-5H3,(H,25,30)/t24-/m0/s1. The number of Topliss-reactive ketones (excluding diaryl/α,β-unsaturated/α-hetero) is 1. The number of nitrogens with one attached hydrogen (secondary N) is 1. The van der Waals surface area contributed by atoms with E-state index in [9.17, 15) is 14.4 Å². The van der Waals surface area contributed by atoms with Gasteiger partial charge in [-0.05, 0) is 56.9 Å². The van der Waals surface area contributed by atoms with E-state index in [1.165, 1.54) is 0 Å². The van der Waals surface area contributed by atoms with E-state index in [4.69, 9.17) is 9.47 Å². The van der Waals surface area contributed by atoms with Gasteiger partial charge in [0.15, 0.2) is 17.3 Å². The number of carbonyl (C=O) groups excluding carboxylic acids is 3. The van der Waals surface area contributed by atoms with Crippen LogP contribution in [-0.2, 0) is 11.3 Å². The summed E-state index contributed by atoms with van der Waals surface area (Å²) in [6.45, 7) is 10.0. The van der Waals surface area contributed by atoms with Gasteiger partial charge in [-0.3, -0.25) is 14.5 Å². The van der Waals surface area contributed by atoms with Gasteiger partial charge in [-0.1, -0.05) is 19.9 Å². The third-order valence-electron chi connectivity index (χ3n) is 6.12. The summed E-state index contributed by atoms with van der Waals surface area (Å²) in [7, 11) is 0. The smallest absolute Gasteiger partial charge is 0.325 e. The largest absolute Gasteiger partial charge is 0.454 e. The van der Waals surface area contributed by atoms with Crippen molar-refractivity contribution in [1.29, 1.82) is 0 Å². The minimum absolute atomic E-state index is 0.220. The molecule has 0 saturated carbocycles. The lowest BCUT2D eigenvalue weighted by atomic mass is 9.91. The molecule has 32 heavy (non-hydrogen) atoms. The fraction of sp³-hybridized carbons (Fsp3) is 0.458. The SMILES string of the molecule is Cc1cc(C(=O)CN2C(=O)N[C@@](C)(CC(C)C)C2=O)c(C)n1Cc1ccc2c(c1)OCO2. The highest BCUT2D eigenvalue weighted by Gasteiger charge is 2.48. The number of hydrogen-bond donors (Lipinski definition) is 1. The second-order valence-corrected chi connectivity index (χ2v) is 9.23. The van der Waals surface area contributed by atoms with E-state index in [-0.39, 0.29) is 30.9 Å². The molecule has 2 aliphatic rings. The summed E-state index contributed by atoms with van der Waals surface area (Å²) in [5, 5.41) is 2.76. The molecule has 0 spiro atoms. The highest BCUT2D eigenvalue weighted by atomic mass is 16.7. The summed E-state index contributed by atoms with van der Waals surface area (Å²) >= 11 is 0. The summed E-state index contributed by atoms with van der Waals surface area (Å²) in [6.07, 6.45) is 0.520. The predicted molar refractivity (Wildman–Crippen MR) is 118 cm³/mol. The zero-order valence-corrected chi connectivity index (χ0v) is 19.2. The van der Waals surface area contributed by atoms with Crippen LogP contribution in [-0.4, -0.2) is 46.1 Å². The highest BCUT2D eigenvalue weighted by molar-refractivity contribution is 6.11. The number of benzene rings is 1. The molecule has 1 aromatic heterocycles. The quantitative estimate of drug-likeness (QED) is 0.527. The maximum Gasteiger partial charge on any atom is 0.325 e. The molecule has 8 nitrogen and oxygen atoms in total. The van der Waals surface area contributed by atoms with Gasteiger partial charge in [0.25, 0.3) is 5.91 Å². The summed E-state index contributed by atoms with van der Waals surface area (Å²) < 4.78 is 12.9. The van der Waals surface area contributed by atoms with Crippen LogP contribution in [0.15, 0.2) is 24.3 Å². The summed E-state index contributed by atoms with van der Waals surface area (Å²) in [5.41, 5.74) is 2.28. The van der Waals surface area contributed by atoms with Crippen molar-refractivity contribution >= 4 is 17.7 Å². The van der Waals surface area contributed by atoms with Crippen LogP contribution < -0.4 is 14.8 Å². The zero-order chi connectivity index (χ0) is 23.2. The lowest BCUT2D eigenvalue weighted by molar-refractivity contribution is -0.131. The van der Waals surface area contributed by atoms with E-state index >= 15 is 0 Å². The van der Waals surface area contributed by atoms with Gasteiger partial charge in [-0.2, -0.15) is 0 Å². The molecular weight excluding hydrogens is 410 g/mol. The molecule has 0 radical (unpaired) electrons. The average molecular weight is 440 g/mol. The molecule has 2 aliphatic heterocycles. The number of aromatic nitrogens is 1. The third-order valence-corrected chi connectivity index (χ3v) is 6.12. The van der Waals surface area contributed by atoms with Crippen molar-refractivity contribution < 1.29 is 23.9 Å². The molecule has 170 valence electrons. The minimum atomic E-state index is -0.970. The van der Waals surface area contributed by atoms with Crippen LogP contribution in [0.25, 0.3) is 0 Å². The fourth-order valence-corrected chi connectivity index (χ4v) is 4.62. The Kier molecular flexibility index (Phi) is 5.48. The molecule has 0 unspecified atom stereocenters. The first-order chi connectivity index (χ1) is 15.1. The number of amides is 3. The molecule has 3 heterocycles. The Bertz CT molecular complexity index is 1100. The number of urea groups is 1. The van der Waals surface area contributed by atoms with Crippen LogP contribution in [0.1, 0.15) is 54.5 Å². The molecule has 2 aromatic rings. The van der Waals surface area contributed by atoms with Gasteiger partial charge in [-0.25, -0.2) is 4.79 Å². The zero-order valence-electron chi connectivity index (χ0n) is 19.2. The van der Waals surface area contributed by atoms with E-state index in [1.54, 1.807) is 6.92 Å². The van der Waals surface area contributed by atoms with Crippen LogP contribution in [0, 0.1) is 19.8 Å². The number of ether oxygens (including phenoxy) is 2. The van der Waals surface area contributed by atoms with Crippen molar-refractivity contribution in [2.45, 2.75) is 53.1 Å². The Morgan fingerprint density at radius 1 is 1.16 bits per heavy atom. The first-order valence-corrected chi connectivity index (χ1v) is 10.8. The van der Waals surface area contributed by atoms with Gasteiger partial charge >= 0.3 is 6.03 Å². The second kappa shape index (κ2) is 8.00. The first kappa shape index (κ1) is 21.9. The van der Waals surface area contributed by atoms with Crippen molar-refractivity contribution in [1.82, 2.24) is 14.8 Å². The van der Waals surface area contributed by atoms with Crippen LogP contribution in [0.5, 0.6) is 11.5 Å². The molecular formula is C24H29N3O5. The summed E-state index contributed by atoms with van der Waals surface area (Å²) in [6, 6.07) is 7.09. The van der Waals surface area contributed by atoms with Crippen molar-refractivity contribution in [3.8, 4) is 11.5 Å². The Morgan fingerprint density at radius 2 is 1.88 bits per heavy atom. The first-order valence-electron chi connectivity index (χ1n) is 10.8. The number of nitrogens with zero attached hydrogens (tertiary/aromatic N) is 2. The molecule has 1 N–H and O–H groups in total. The Labute approximate surface area is 187 Å². The van der Waals surface area contributed by atoms with E-state index < -0.39 is 11.6 Å². The van der Waals surface area contributed by atoms with Crippen molar-refractivity contribution in [2.75, 3.05) is 13.3 Å². The molecule has 0 aliphatic carbocycles. The second-order valence-electron chi connectivity index (χ2n) is 9.23. The van der Waals surface area contributed by atoms with Gasteiger partial charge in [0.05, 0.1) is 6.54 Å². The number of hydrogen-bond acceptors (Lipinski definition) is 5. The monoisotopic (exact) mass is 439 g/mol. The average Bonchev–Trinajstić information content (AvgIpc) is 3.35. The number of imide groups is 1. The summed E-state index contributed by atoms with van der Waals surface area (Å²) in [4.78, 5) is 39.5. The molecule has 1 aromatic carbocycles. The number of fused-ring (bicyclic) bond motifs is 1. The van der Waals surface area contributed by atoms with Crippen molar-refractivity contribution in [3.63, 3.8) is 0 Å². The molecule has 1 saturated heterocycles. The molecule has 4 rings (SSSR count). The normalized spacial score (nSPS) is 19.8. The molecule has 1 fully saturated rings. The van der Waals surface area contributed by atoms with Crippen LogP contribution in [0.3, 0.4) is 0 Å². The molecule has 3 amide bonds. The fourth-order valence-electron chi connectivity index (χ4n) is 4.62. The topological polar surface area (TPSA) is 89.9 Å².